The highest BCUT2D eigenvalue weighted by atomic mass is 16.6. The monoisotopic (exact) mass is 528 g/mol. The lowest BCUT2D eigenvalue weighted by molar-refractivity contribution is -0.205. The normalized spacial score (nSPS) is 42.1. The molecule has 1 amide bonds. The summed E-state index contributed by atoms with van der Waals surface area (Å²) < 4.78 is 11.2. The minimum absolute atomic E-state index is 0.0163. The number of aliphatic hydroxyl groups is 1. The van der Waals surface area contributed by atoms with Crippen molar-refractivity contribution in [3.63, 3.8) is 0 Å². The lowest BCUT2D eigenvalue weighted by Gasteiger charge is -2.63. The van der Waals surface area contributed by atoms with Crippen molar-refractivity contribution >= 4 is 6.09 Å². The van der Waals surface area contributed by atoms with Gasteiger partial charge in [0.2, 0.25) is 0 Å². The van der Waals surface area contributed by atoms with E-state index in [0.29, 0.717) is 17.8 Å². The van der Waals surface area contributed by atoms with E-state index in [9.17, 15) is 14.7 Å². The Morgan fingerprint density at radius 2 is 1.79 bits per heavy atom. The van der Waals surface area contributed by atoms with E-state index < -0.39 is 5.60 Å². The summed E-state index contributed by atoms with van der Waals surface area (Å²) in [6.45, 7) is 11.9. The number of piperazine rings is 1. The van der Waals surface area contributed by atoms with Gasteiger partial charge in [0.1, 0.15) is 6.10 Å². The van der Waals surface area contributed by atoms with Crippen LogP contribution >= 0.6 is 0 Å². The van der Waals surface area contributed by atoms with Crippen LogP contribution in [0.25, 0.3) is 0 Å². The molecule has 4 aliphatic carbocycles. The van der Waals surface area contributed by atoms with E-state index in [0.717, 1.165) is 89.5 Å². The van der Waals surface area contributed by atoms with Crippen LogP contribution in [0.4, 0.5) is 4.79 Å². The molecule has 5 fully saturated rings. The number of rotatable bonds is 2. The van der Waals surface area contributed by atoms with Gasteiger partial charge in [0.25, 0.3) is 0 Å². The van der Waals surface area contributed by atoms with Gasteiger partial charge in [0, 0.05) is 37.7 Å². The number of nitrogens with zero attached hydrogens (tertiary/aromatic N) is 1. The second kappa shape index (κ2) is 10.6. The van der Waals surface area contributed by atoms with E-state index in [1.54, 1.807) is 6.26 Å². The third kappa shape index (κ3) is 4.42. The fraction of sp³-hybridized carbons (Fsp3) is 0.806. The van der Waals surface area contributed by atoms with Gasteiger partial charge < -0.3 is 24.5 Å². The molecule has 38 heavy (non-hydrogen) atoms. The maximum Gasteiger partial charge on any atom is 0.410 e. The van der Waals surface area contributed by atoms with Gasteiger partial charge in [-0.1, -0.05) is 27.7 Å². The Kier molecular flexibility index (Phi) is 7.73. The van der Waals surface area contributed by atoms with Crippen LogP contribution in [0.3, 0.4) is 0 Å². The Morgan fingerprint density at radius 3 is 2.50 bits per heavy atom. The van der Waals surface area contributed by atoms with Crippen LogP contribution in [0.1, 0.15) is 97.0 Å². The number of carbonyl (C=O) groups is 1. The second-order valence-electron chi connectivity index (χ2n) is 12.9. The number of nitrogens with one attached hydrogen (secondary N) is 1. The molecule has 1 aromatic rings. The predicted octanol–water partition coefficient (Wildman–Crippen LogP) is 5.32. The molecule has 1 aliphatic heterocycles. The van der Waals surface area contributed by atoms with Gasteiger partial charge in [-0.3, -0.25) is 0 Å². The van der Waals surface area contributed by atoms with Crippen molar-refractivity contribution < 1.29 is 19.1 Å². The zero-order valence-electron chi connectivity index (χ0n) is 23.8. The summed E-state index contributed by atoms with van der Waals surface area (Å²) in [5.74, 6) is 1.57. The van der Waals surface area contributed by atoms with E-state index >= 15 is 0 Å². The van der Waals surface area contributed by atoms with Crippen LogP contribution < -0.4 is 10.9 Å². The van der Waals surface area contributed by atoms with Crippen LogP contribution in [0.5, 0.6) is 0 Å². The van der Waals surface area contributed by atoms with Gasteiger partial charge in [-0.15, -0.1) is 0 Å². The molecule has 2 heterocycles. The van der Waals surface area contributed by atoms with Gasteiger partial charge in [0.15, 0.2) is 0 Å². The fourth-order valence-electron chi connectivity index (χ4n) is 9.46. The molecule has 7 nitrogen and oxygen atoms in total. The third-order valence-corrected chi connectivity index (χ3v) is 11.6. The highest BCUT2D eigenvalue weighted by Gasteiger charge is 2.67. The SMILES string of the molecule is CC.CC12CCC(OC(=O)N3CCNCC3)CC1CCC1C2CCC2(C)C(c3ccc(=O)oc3)CCC12O. The number of hydrogen-bond acceptors (Lipinski definition) is 6. The summed E-state index contributed by atoms with van der Waals surface area (Å²) in [5.41, 5.74) is 0.0404. The molecule has 0 spiro atoms. The minimum Gasteiger partial charge on any atom is -0.446 e. The van der Waals surface area contributed by atoms with Gasteiger partial charge in [-0.05, 0) is 98.5 Å². The average molecular weight is 529 g/mol. The first-order chi connectivity index (χ1) is 18.2. The first kappa shape index (κ1) is 27.7. The Labute approximate surface area is 227 Å². The first-order valence-electron chi connectivity index (χ1n) is 15.2. The maximum atomic E-state index is 12.7. The largest absolute Gasteiger partial charge is 0.446 e. The minimum atomic E-state index is -0.684. The quantitative estimate of drug-likeness (QED) is 0.540. The molecular formula is C31H48N2O5. The van der Waals surface area contributed by atoms with Crippen molar-refractivity contribution in [3.05, 3.63) is 34.4 Å². The van der Waals surface area contributed by atoms with Crippen LogP contribution in [0.15, 0.2) is 27.6 Å². The smallest absolute Gasteiger partial charge is 0.410 e. The van der Waals surface area contributed by atoms with Crippen molar-refractivity contribution in [2.45, 2.75) is 103 Å². The van der Waals surface area contributed by atoms with E-state index in [2.05, 4.69) is 19.2 Å². The number of fused-ring (bicyclic) bond motifs is 5. The Morgan fingerprint density at radius 1 is 1.03 bits per heavy atom. The molecule has 0 bridgehead atoms. The van der Waals surface area contributed by atoms with Crippen molar-refractivity contribution in [2.75, 3.05) is 26.2 Å². The van der Waals surface area contributed by atoms with E-state index in [1.165, 1.54) is 6.07 Å². The van der Waals surface area contributed by atoms with Crippen molar-refractivity contribution in [3.8, 4) is 0 Å². The zero-order valence-corrected chi connectivity index (χ0v) is 23.8. The Bertz CT molecular complexity index is 1030. The highest BCUT2D eigenvalue weighted by molar-refractivity contribution is 5.68. The molecule has 212 valence electrons. The molecule has 1 saturated heterocycles. The molecule has 0 radical (unpaired) electrons. The van der Waals surface area contributed by atoms with Crippen LogP contribution in [-0.2, 0) is 4.74 Å². The predicted molar refractivity (Wildman–Crippen MR) is 147 cm³/mol. The molecule has 8 unspecified atom stereocenters. The summed E-state index contributed by atoms with van der Waals surface area (Å²) >= 11 is 0. The van der Waals surface area contributed by atoms with E-state index in [-0.39, 0.29) is 34.6 Å². The zero-order chi connectivity index (χ0) is 27.1. The lowest BCUT2D eigenvalue weighted by Crippen LogP contribution is -2.62. The first-order valence-corrected chi connectivity index (χ1v) is 15.2. The molecule has 6 rings (SSSR count). The van der Waals surface area contributed by atoms with Gasteiger partial charge in [0.05, 0.1) is 11.9 Å². The van der Waals surface area contributed by atoms with Crippen molar-refractivity contribution in [1.29, 1.82) is 0 Å². The fourth-order valence-corrected chi connectivity index (χ4v) is 9.46. The molecule has 5 aliphatic rings. The summed E-state index contributed by atoms with van der Waals surface area (Å²) in [7, 11) is 0. The molecule has 2 N–H and O–H groups in total. The molecule has 7 heteroatoms. The maximum absolute atomic E-state index is 12.7. The average Bonchev–Trinajstić information content (AvgIpc) is 3.22. The summed E-state index contributed by atoms with van der Waals surface area (Å²) in [5, 5.41) is 15.7. The summed E-state index contributed by atoms with van der Waals surface area (Å²) in [6, 6.07) is 3.42. The van der Waals surface area contributed by atoms with Gasteiger partial charge in [-0.25, -0.2) is 9.59 Å². The molecule has 0 aromatic carbocycles. The number of carbonyl (C=O) groups excluding carboxylic acids is 1. The molecule has 4 saturated carbocycles. The Hall–Kier alpha value is -1.86. The number of amides is 1. The van der Waals surface area contributed by atoms with Crippen LogP contribution in [-0.4, -0.2) is 54.0 Å². The lowest BCUT2D eigenvalue weighted by atomic mass is 9.43. The van der Waals surface area contributed by atoms with Gasteiger partial charge in [-0.2, -0.15) is 0 Å². The van der Waals surface area contributed by atoms with Gasteiger partial charge >= 0.3 is 11.7 Å². The number of ether oxygens (including phenoxy) is 1. The second-order valence-corrected chi connectivity index (χ2v) is 12.9. The third-order valence-electron chi connectivity index (χ3n) is 11.6. The highest BCUT2D eigenvalue weighted by Crippen LogP contribution is 2.70. The van der Waals surface area contributed by atoms with E-state index in [1.807, 2.05) is 24.8 Å². The topological polar surface area (TPSA) is 92.0 Å². The molecule has 8 atom stereocenters. The summed E-state index contributed by atoms with van der Waals surface area (Å²) in [6.07, 6.45) is 10.5. The van der Waals surface area contributed by atoms with Crippen LogP contribution in [0, 0.1) is 28.6 Å². The van der Waals surface area contributed by atoms with E-state index in [4.69, 9.17) is 9.15 Å². The standard InChI is InChI=1S/C29H42N2O5.C2H6/c1-27-10-7-21(36-26(33)31-15-13-30-14-16-31)17-20(27)4-5-24-23(27)8-11-28(2)22(9-12-29(24,28)34)19-3-6-25(32)35-18-19;1-2/h3,6,18,20-24,30,34H,4-5,7-17H2,1-2H3;1-2H3. The van der Waals surface area contributed by atoms with Crippen LogP contribution in [0.2, 0.25) is 0 Å². The Balaban J connectivity index is 0.00000144. The van der Waals surface area contributed by atoms with Crippen molar-refractivity contribution in [2.24, 2.45) is 28.6 Å². The van der Waals surface area contributed by atoms with Crippen molar-refractivity contribution in [1.82, 2.24) is 10.2 Å². The molecule has 1 aromatic heterocycles. The number of hydrogen-bond donors (Lipinski definition) is 2. The summed E-state index contributed by atoms with van der Waals surface area (Å²) in [4.78, 5) is 26.1. The molecular weight excluding hydrogens is 480 g/mol.